The molecular weight excluding hydrogens is 274 g/mol. The number of anilines is 3. The number of benzene rings is 2. The minimum absolute atomic E-state index is 0.296. The van der Waals surface area contributed by atoms with Crippen molar-refractivity contribution in [2.24, 2.45) is 0 Å². The van der Waals surface area contributed by atoms with Crippen molar-refractivity contribution in [3.63, 3.8) is 0 Å². The fourth-order valence-electron chi connectivity index (χ4n) is 1.84. The normalized spacial score (nSPS) is 10.2. The number of halogens is 1. The average molecular weight is 290 g/mol. The molecule has 5 heteroatoms. The second kappa shape index (κ2) is 5.84. The molecule has 0 bridgehead atoms. The Morgan fingerprint density at radius 1 is 1.20 bits per heavy atom. The molecule has 0 radical (unpaired) electrons. The van der Waals surface area contributed by atoms with Gasteiger partial charge in [0.15, 0.2) is 0 Å². The number of nitrogens with zero attached hydrogens (tertiary/aromatic N) is 1. The molecular formula is C15H16ClN3O. The monoisotopic (exact) mass is 289 g/mol. The third kappa shape index (κ3) is 3.03. The lowest BCUT2D eigenvalue weighted by Crippen LogP contribution is -2.15. The summed E-state index contributed by atoms with van der Waals surface area (Å²) in [5.74, 6) is -0.316. The van der Waals surface area contributed by atoms with Gasteiger partial charge in [-0.15, -0.1) is 0 Å². The lowest BCUT2D eigenvalue weighted by Gasteiger charge is -2.14. The third-order valence-electron chi connectivity index (χ3n) is 2.89. The summed E-state index contributed by atoms with van der Waals surface area (Å²) in [6, 6.07) is 12.5. The van der Waals surface area contributed by atoms with Crippen LogP contribution in [0.5, 0.6) is 0 Å². The van der Waals surface area contributed by atoms with Crippen LogP contribution in [0.1, 0.15) is 10.4 Å². The highest BCUT2D eigenvalue weighted by atomic mass is 35.5. The number of carbonyl (C=O) groups excluding carboxylic acids is 1. The number of hydrogen-bond donors (Lipinski definition) is 2. The van der Waals surface area contributed by atoms with Crippen LogP contribution in [0.25, 0.3) is 0 Å². The Hall–Kier alpha value is -2.20. The Bertz CT molecular complexity index is 621. The number of nitrogen functional groups attached to an aromatic ring is 1. The first-order valence-electron chi connectivity index (χ1n) is 6.12. The Morgan fingerprint density at radius 2 is 1.90 bits per heavy atom. The number of nitrogens with one attached hydrogen (secondary N) is 1. The average Bonchev–Trinajstić information content (AvgIpc) is 2.38. The Morgan fingerprint density at radius 3 is 2.55 bits per heavy atom. The molecule has 0 fully saturated rings. The van der Waals surface area contributed by atoms with Crippen molar-refractivity contribution in [1.29, 1.82) is 0 Å². The quantitative estimate of drug-likeness (QED) is 0.853. The molecule has 0 atom stereocenters. The molecule has 0 aliphatic carbocycles. The van der Waals surface area contributed by atoms with Crippen molar-refractivity contribution in [2.45, 2.75) is 0 Å². The molecule has 0 aliphatic heterocycles. The van der Waals surface area contributed by atoms with Crippen molar-refractivity contribution < 1.29 is 4.79 Å². The maximum Gasteiger partial charge on any atom is 0.259 e. The zero-order valence-electron chi connectivity index (χ0n) is 11.4. The molecule has 0 saturated carbocycles. The highest BCUT2D eigenvalue weighted by Crippen LogP contribution is 2.24. The van der Waals surface area contributed by atoms with E-state index in [2.05, 4.69) is 5.32 Å². The highest BCUT2D eigenvalue weighted by Gasteiger charge is 2.14. The van der Waals surface area contributed by atoms with Crippen LogP contribution in [-0.4, -0.2) is 20.0 Å². The van der Waals surface area contributed by atoms with Gasteiger partial charge in [0.25, 0.3) is 5.91 Å². The van der Waals surface area contributed by atoms with Gasteiger partial charge in [-0.2, -0.15) is 0 Å². The van der Waals surface area contributed by atoms with Gasteiger partial charge in [0.2, 0.25) is 0 Å². The summed E-state index contributed by atoms with van der Waals surface area (Å²) in [4.78, 5) is 14.2. The first-order chi connectivity index (χ1) is 9.49. The van der Waals surface area contributed by atoms with E-state index in [0.717, 1.165) is 5.69 Å². The van der Waals surface area contributed by atoms with E-state index in [9.17, 15) is 4.79 Å². The van der Waals surface area contributed by atoms with Crippen LogP contribution in [0.2, 0.25) is 5.02 Å². The molecule has 0 saturated heterocycles. The van der Waals surface area contributed by atoms with Crippen LogP contribution in [0.15, 0.2) is 42.5 Å². The van der Waals surface area contributed by atoms with Gasteiger partial charge in [-0.25, -0.2) is 0 Å². The fraction of sp³-hybridized carbons (Fsp3) is 0.133. The highest BCUT2D eigenvalue weighted by molar-refractivity contribution is 6.35. The van der Waals surface area contributed by atoms with E-state index in [1.54, 1.807) is 18.2 Å². The van der Waals surface area contributed by atoms with E-state index in [1.165, 1.54) is 0 Å². The first-order valence-corrected chi connectivity index (χ1v) is 6.49. The summed E-state index contributed by atoms with van der Waals surface area (Å²) in [6.45, 7) is 0. The number of rotatable bonds is 3. The van der Waals surface area contributed by atoms with Crippen LogP contribution in [-0.2, 0) is 0 Å². The van der Waals surface area contributed by atoms with Gasteiger partial charge >= 0.3 is 0 Å². The topological polar surface area (TPSA) is 58.4 Å². The summed E-state index contributed by atoms with van der Waals surface area (Å²) in [7, 11) is 3.87. The minimum atomic E-state index is -0.316. The van der Waals surface area contributed by atoms with Gasteiger partial charge in [0, 0.05) is 31.2 Å². The molecule has 20 heavy (non-hydrogen) atoms. The number of hydrogen-bond acceptors (Lipinski definition) is 3. The van der Waals surface area contributed by atoms with E-state index in [0.29, 0.717) is 22.0 Å². The van der Waals surface area contributed by atoms with Crippen LogP contribution in [0.4, 0.5) is 17.1 Å². The number of amides is 1. The zero-order chi connectivity index (χ0) is 14.7. The summed E-state index contributed by atoms with van der Waals surface area (Å²) in [5.41, 5.74) is 8.15. The molecule has 104 valence electrons. The molecule has 0 aromatic heterocycles. The Labute approximate surface area is 123 Å². The Balaban J connectivity index is 2.26. The van der Waals surface area contributed by atoms with Gasteiger partial charge < -0.3 is 16.0 Å². The number of nitrogens with two attached hydrogens (primary N) is 1. The van der Waals surface area contributed by atoms with Crippen molar-refractivity contribution >= 4 is 34.6 Å². The molecule has 3 N–H and O–H groups in total. The van der Waals surface area contributed by atoms with Crippen molar-refractivity contribution in [1.82, 2.24) is 0 Å². The van der Waals surface area contributed by atoms with Gasteiger partial charge in [0.05, 0.1) is 10.6 Å². The van der Waals surface area contributed by atoms with E-state index >= 15 is 0 Å². The van der Waals surface area contributed by atoms with Crippen molar-refractivity contribution in [3.8, 4) is 0 Å². The second-order valence-corrected chi connectivity index (χ2v) is 5.01. The molecule has 0 heterocycles. The van der Waals surface area contributed by atoms with Crippen molar-refractivity contribution in [2.75, 3.05) is 30.0 Å². The first kappa shape index (κ1) is 14.2. The lowest BCUT2D eigenvalue weighted by molar-refractivity contribution is 0.102. The van der Waals surface area contributed by atoms with E-state index in [1.807, 2.05) is 43.3 Å². The van der Waals surface area contributed by atoms with Crippen LogP contribution in [0.3, 0.4) is 0 Å². The predicted molar refractivity (Wildman–Crippen MR) is 84.6 cm³/mol. The van der Waals surface area contributed by atoms with Gasteiger partial charge in [-0.05, 0) is 30.3 Å². The predicted octanol–water partition coefficient (Wildman–Crippen LogP) is 3.24. The Kier molecular flexibility index (Phi) is 4.15. The van der Waals surface area contributed by atoms with Gasteiger partial charge in [0.1, 0.15) is 0 Å². The summed E-state index contributed by atoms with van der Waals surface area (Å²) >= 11 is 6.02. The largest absolute Gasteiger partial charge is 0.398 e. The van der Waals surface area contributed by atoms with Gasteiger partial charge in [-0.3, -0.25) is 4.79 Å². The zero-order valence-corrected chi connectivity index (χ0v) is 12.1. The van der Waals surface area contributed by atoms with E-state index in [-0.39, 0.29) is 5.91 Å². The molecule has 2 aromatic rings. The smallest absolute Gasteiger partial charge is 0.259 e. The summed E-state index contributed by atoms with van der Waals surface area (Å²) in [6.07, 6.45) is 0. The standard InChI is InChI=1S/C15H16ClN3O/c1-19(2)11-6-3-5-10(9-11)18-15(20)14-12(16)7-4-8-13(14)17/h3-9H,17H2,1-2H3,(H,18,20). The molecule has 0 aliphatic rings. The second-order valence-electron chi connectivity index (χ2n) is 4.60. The van der Waals surface area contributed by atoms with Crippen LogP contribution < -0.4 is 16.0 Å². The maximum atomic E-state index is 12.2. The fourth-order valence-corrected chi connectivity index (χ4v) is 2.10. The summed E-state index contributed by atoms with van der Waals surface area (Å²) < 4.78 is 0. The SMILES string of the molecule is CN(C)c1cccc(NC(=O)c2c(N)cccc2Cl)c1. The van der Waals surface area contributed by atoms with Crippen LogP contribution >= 0.6 is 11.6 Å². The molecule has 4 nitrogen and oxygen atoms in total. The molecule has 0 unspecified atom stereocenters. The number of carbonyl (C=O) groups is 1. The third-order valence-corrected chi connectivity index (χ3v) is 3.21. The molecule has 0 spiro atoms. The van der Waals surface area contributed by atoms with Crippen molar-refractivity contribution in [3.05, 3.63) is 53.1 Å². The lowest BCUT2D eigenvalue weighted by atomic mass is 10.1. The minimum Gasteiger partial charge on any atom is -0.398 e. The summed E-state index contributed by atoms with van der Waals surface area (Å²) in [5, 5.41) is 3.14. The molecule has 2 rings (SSSR count). The van der Waals surface area contributed by atoms with Crippen LogP contribution in [0, 0.1) is 0 Å². The van der Waals surface area contributed by atoms with E-state index < -0.39 is 0 Å². The van der Waals surface area contributed by atoms with E-state index in [4.69, 9.17) is 17.3 Å². The molecule has 1 amide bonds. The van der Waals surface area contributed by atoms with Gasteiger partial charge in [-0.1, -0.05) is 23.7 Å². The molecule has 2 aromatic carbocycles. The maximum absolute atomic E-state index is 12.2.